The molecule has 1 aliphatic carbocycles. The number of aromatic hydroxyl groups is 1. The largest absolute Gasteiger partial charge is 0.493 e. The number of rotatable bonds is 2. The number of hydrogen-bond acceptors (Lipinski definition) is 3. The predicted molar refractivity (Wildman–Crippen MR) is 73.3 cm³/mol. The maximum atomic E-state index is 12.2. The predicted octanol–water partition coefficient (Wildman–Crippen LogP) is 2.50. The Hall–Kier alpha value is -2.10. The van der Waals surface area contributed by atoms with E-state index in [1.54, 1.807) is 6.07 Å². The zero-order chi connectivity index (χ0) is 13.6. The number of nitrogens with one attached hydrogen (secondary N) is 1. The molecule has 0 atom stereocenters. The Morgan fingerprint density at radius 3 is 2.68 bits per heavy atom. The smallest absolute Gasteiger partial charge is 0.262 e. The summed E-state index contributed by atoms with van der Waals surface area (Å²) < 4.78 is 0. The van der Waals surface area contributed by atoms with E-state index in [2.05, 4.69) is 9.97 Å². The maximum absolute atomic E-state index is 12.2. The van der Waals surface area contributed by atoms with Crippen LogP contribution in [0.25, 0.3) is 11.1 Å². The molecule has 1 heterocycles. The first-order valence-corrected chi connectivity index (χ1v) is 6.40. The highest BCUT2D eigenvalue weighted by molar-refractivity contribution is 5.67. The lowest BCUT2D eigenvalue weighted by atomic mass is 10.0. The highest BCUT2D eigenvalue weighted by atomic mass is 16.3. The summed E-state index contributed by atoms with van der Waals surface area (Å²) in [5.41, 5.74) is 1.63. The Kier molecular flexibility index (Phi) is 2.49. The SMILES string of the molecule is Cc1cccc(-c2c(O)nc(C3(C)CC3)[nH]c2=O)c1. The van der Waals surface area contributed by atoms with Crippen molar-refractivity contribution < 1.29 is 5.11 Å². The van der Waals surface area contributed by atoms with Gasteiger partial charge in [0.05, 0.1) is 0 Å². The molecule has 19 heavy (non-hydrogen) atoms. The second-order valence-corrected chi connectivity index (χ2v) is 5.54. The monoisotopic (exact) mass is 256 g/mol. The topological polar surface area (TPSA) is 66.0 Å². The number of benzene rings is 1. The lowest BCUT2D eigenvalue weighted by Gasteiger charge is -2.10. The van der Waals surface area contributed by atoms with Crippen molar-refractivity contribution in [3.8, 4) is 17.0 Å². The summed E-state index contributed by atoms with van der Waals surface area (Å²) in [4.78, 5) is 19.2. The normalized spacial score (nSPS) is 16.3. The van der Waals surface area contributed by atoms with Crippen molar-refractivity contribution in [1.29, 1.82) is 0 Å². The van der Waals surface area contributed by atoms with E-state index in [0.29, 0.717) is 11.4 Å². The van der Waals surface area contributed by atoms with Crippen LogP contribution in [0.1, 0.15) is 31.2 Å². The van der Waals surface area contributed by atoms with Crippen molar-refractivity contribution in [3.05, 3.63) is 46.0 Å². The Morgan fingerprint density at radius 1 is 1.37 bits per heavy atom. The molecule has 0 bridgehead atoms. The van der Waals surface area contributed by atoms with Crippen LogP contribution in [0.5, 0.6) is 5.88 Å². The van der Waals surface area contributed by atoms with Gasteiger partial charge in [0.2, 0.25) is 5.88 Å². The summed E-state index contributed by atoms with van der Waals surface area (Å²) >= 11 is 0. The molecule has 4 nitrogen and oxygen atoms in total. The van der Waals surface area contributed by atoms with Gasteiger partial charge in [-0.05, 0) is 25.3 Å². The average Bonchev–Trinajstić information content (AvgIpc) is 3.08. The molecular weight excluding hydrogens is 240 g/mol. The van der Waals surface area contributed by atoms with Crippen LogP contribution in [-0.2, 0) is 5.41 Å². The minimum Gasteiger partial charge on any atom is -0.493 e. The molecule has 0 aliphatic heterocycles. The molecule has 1 fully saturated rings. The minimum absolute atomic E-state index is 0.0677. The molecule has 1 aromatic carbocycles. The fraction of sp³-hybridized carbons (Fsp3) is 0.333. The zero-order valence-corrected chi connectivity index (χ0v) is 11.0. The first-order valence-electron chi connectivity index (χ1n) is 6.40. The minimum atomic E-state index is -0.277. The second kappa shape index (κ2) is 3.95. The number of hydrogen-bond donors (Lipinski definition) is 2. The van der Waals surface area contributed by atoms with Gasteiger partial charge in [0, 0.05) is 5.41 Å². The maximum Gasteiger partial charge on any atom is 0.262 e. The number of aromatic nitrogens is 2. The van der Waals surface area contributed by atoms with Gasteiger partial charge >= 0.3 is 0 Å². The van der Waals surface area contributed by atoms with Crippen molar-refractivity contribution in [2.24, 2.45) is 0 Å². The molecule has 1 saturated carbocycles. The number of nitrogens with zero attached hydrogens (tertiary/aromatic N) is 1. The lowest BCUT2D eigenvalue weighted by molar-refractivity contribution is 0.446. The highest BCUT2D eigenvalue weighted by Gasteiger charge is 2.42. The van der Waals surface area contributed by atoms with E-state index in [9.17, 15) is 9.90 Å². The van der Waals surface area contributed by atoms with Crippen LogP contribution in [0, 0.1) is 6.92 Å². The molecular formula is C15H16N2O2. The van der Waals surface area contributed by atoms with Crippen molar-refractivity contribution >= 4 is 0 Å². The molecule has 3 rings (SSSR count). The summed E-state index contributed by atoms with van der Waals surface area (Å²) in [6, 6.07) is 7.48. The van der Waals surface area contributed by atoms with Crippen LogP contribution in [0.2, 0.25) is 0 Å². The first-order chi connectivity index (χ1) is 8.99. The standard InChI is InChI=1S/C15H16N2O2/c1-9-4-3-5-10(8-9)11-12(18)16-14(17-13(11)19)15(2)6-7-15/h3-5,8H,6-7H2,1-2H3,(H2,16,17,18,19). The summed E-state index contributed by atoms with van der Waals surface area (Å²) in [7, 11) is 0. The van der Waals surface area contributed by atoms with Crippen molar-refractivity contribution in [2.75, 3.05) is 0 Å². The molecule has 2 aromatic rings. The van der Waals surface area contributed by atoms with E-state index < -0.39 is 0 Å². The van der Waals surface area contributed by atoms with E-state index >= 15 is 0 Å². The Balaban J connectivity index is 2.15. The molecule has 0 saturated heterocycles. The van der Waals surface area contributed by atoms with E-state index in [-0.39, 0.29) is 22.4 Å². The molecule has 0 unspecified atom stereocenters. The van der Waals surface area contributed by atoms with Gasteiger partial charge in [-0.3, -0.25) is 4.79 Å². The zero-order valence-electron chi connectivity index (χ0n) is 11.0. The third-order valence-corrected chi connectivity index (χ3v) is 3.78. The van der Waals surface area contributed by atoms with Gasteiger partial charge in [0.15, 0.2) is 0 Å². The van der Waals surface area contributed by atoms with Crippen LogP contribution in [0.4, 0.5) is 0 Å². The molecule has 1 aliphatic rings. The molecule has 4 heteroatoms. The molecule has 0 amide bonds. The summed E-state index contributed by atoms with van der Waals surface area (Å²) in [6.45, 7) is 3.98. The van der Waals surface area contributed by atoms with E-state index in [4.69, 9.17) is 0 Å². The van der Waals surface area contributed by atoms with Crippen molar-refractivity contribution in [2.45, 2.75) is 32.1 Å². The molecule has 0 spiro atoms. The third-order valence-electron chi connectivity index (χ3n) is 3.78. The molecule has 0 radical (unpaired) electrons. The van der Waals surface area contributed by atoms with Crippen LogP contribution in [0.3, 0.4) is 0 Å². The van der Waals surface area contributed by atoms with Crippen LogP contribution in [-0.4, -0.2) is 15.1 Å². The lowest BCUT2D eigenvalue weighted by Crippen LogP contribution is -2.18. The fourth-order valence-corrected chi connectivity index (χ4v) is 2.23. The molecule has 98 valence electrons. The first kappa shape index (κ1) is 12.0. The summed E-state index contributed by atoms with van der Waals surface area (Å²) in [6.07, 6.45) is 2.00. The Bertz CT molecular complexity index is 700. The van der Waals surface area contributed by atoms with E-state index in [1.807, 2.05) is 32.0 Å². The van der Waals surface area contributed by atoms with Gasteiger partial charge in [-0.15, -0.1) is 0 Å². The van der Waals surface area contributed by atoms with Gasteiger partial charge in [-0.1, -0.05) is 36.8 Å². The molecule has 2 N–H and O–H groups in total. The number of H-pyrrole nitrogens is 1. The Morgan fingerprint density at radius 2 is 2.11 bits per heavy atom. The van der Waals surface area contributed by atoms with Gasteiger partial charge in [0.1, 0.15) is 11.4 Å². The second-order valence-electron chi connectivity index (χ2n) is 5.54. The third kappa shape index (κ3) is 2.03. The van der Waals surface area contributed by atoms with E-state index in [1.165, 1.54) is 0 Å². The van der Waals surface area contributed by atoms with E-state index in [0.717, 1.165) is 18.4 Å². The summed E-state index contributed by atoms with van der Waals surface area (Å²) in [5, 5.41) is 10.1. The number of aryl methyl sites for hydroxylation is 1. The van der Waals surface area contributed by atoms with Gasteiger partial charge in [0.25, 0.3) is 5.56 Å². The summed E-state index contributed by atoms with van der Waals surface area (Å²) in [5.74, 6) is 0.406. The van der Waals surface area contributed by atoms with Crippen LogP contribution in [0.15, 0.2) is 29.1 Å². The van der Waals surface area contributed by atoms with Gasteiger partial charge in [-0.25, -0.2) is 0 Å². The van der Waals surface area contributed by atoms with Gasteiger partial charge in [-0.2, -0.15) is 4.98 Å². The van der Waals surface area contributed by atoms with Crippen LogP contribution < -0.4 is 5.56 Å². The van der Waals surface area contributed by atoms with Gasteiger partial charge < -0.3 is 10.1 Å². The fourth-order valence-electron chi connectivity index (χ4n) is 2.23. The van der Waals surface area contributed by atoms with Crippen molar-refractivity contribution in [3.63, 3.8) is 0 Å². The number of aromatic amines is 1. The average molecular weight is 256 g/mol. The molecule has 1 aromatic heterocycles. The van der Waals surface area contributed by atoms with Crippen LogP contribution >= 0.6 is 0 Å². The Labute approximate surface area is 111 Å². The highest BCUT2D eigenvalue weighted by Crippen LogP contribution is 2.46. The van der Waals surface area contributed by atoms with Crippen molar-refractivity contribution in [1.82, 2.24) is 9.97 Å². The quantitative estimate of drug-likeness (QED) is 0.867.